The van der Waals surface area contributed by atoms with Crippen molar-refractivity contribution in [2.45, 2.75) is 33.7 Å². The number of aromatic nitrogens is 2. The molecule has 164 valence electrons. The van der Waals surface area contributed by atoms with E-state index < -0.39 is 0 Å². The van der Waals surface area contributed by atoms with Crippen LogP contribution in [0.5, 0.6) is 5.75 Å². The zero-order valence-corrected chi connectivity index (χ0v) is 19.1. The van der Waals surface area contributed by atoms with E-state index >= 15 is 0 Å². The van der Waals surface area contributed by atoms with Crippen LogP contribution in [0.15, 0.2) is 54.9 Å². The van der Waals surface area contributed by atoms with E-state index in [4.69, 9.17) is 4.74 Å². The number of nitrogens with one attached hydrogen (secondary N) is 1. The van der Waals surface area contributed by atoms with Crippen LogP contribution in [0.25, 0.3) is 5.69 Å². The number of rotatable bonds is 9. The summed E-state index contributed by atoms with van der Waals surface area (Å²) in [6.45, 7) is 10.6. The summed E-state index contributed by atoms with van der Waals surface area (Å²) >= 11 is 0. The van der Waals surface area contributed by atoms with Gasteiger partial charge in [-0.15, -0.1) is 0 Å². The first-order valence-electron chi connectivity index (χ1n) is 10.8. The zero-order valence-electron chi connectivity index (χ0n) is 19.1. The highest BCUT2D eigenvalue weighted by molar-refractivity contribution is 5.96. The summed E-state index contributed by atoms with van der Waals surface area (Å²) in [6.07, 6.45) is 3.55. The summed E-state index contributed by atoms with van der Waals surface area (Å²) in [6, 6.07) is 14.0. The molecule has 2 heterocycles. The number of hydrogen-bond donors (Lipinski definition) is 1. The van der Waals surface area contributed by atoms with Crippen LogP contribution in [0.1, 0.15) is 47.2 Å². The van der Waals surface area contributed by atoms with E-state index in [1.807, 2.05) is 50.2 Å². The van der Waals surface area contributed by atoms with Crippen molar-refractivity contribution in [2.75, 3.05) is 26.7 Å². The highest BCUT2D eigenvalue weighted by Gasteiger charge is 2.22. The number of carbonyl (C=O) groups excluding carboxylic acids is 1. The Morgan fingerprint density at radius 1 is 1.16 bits per heavy atom. The van der Waals surface area contributed by atoms with Gasteiger partial charge in [0.25, 0.3) is 5.91 Å². The first-order chi connectivity index (χ1) is 15.0. The van der Waals surface area contributed by atoms with Crippen LogP contribution in [0, 0.1) is 13.8 Å². The fourth-order valence-electron chi connectivity index (χ4n) is 4.13. The summed E-state index contributed by atoms with van der Waals surface area (Å²) in [5.41, 5.74) is 4.68. The van der Waals surface area contributed by atoms with Crippen molar-refractivity contribution >= 4 is 5.91 Å². The highest BCUT2D eigenvalue weighted by atomic mass is 16.5. The van der Waals surface area contributed by atoms with Gasteiger partial charge in [0.2, 0.25) is 0 Å². The van der Waals surface area contributed by atoms with Gasteiger partial charge in [0, 0.05) is 24.1 Å². The topological polar surface area (TPSA) is 59.4 Å². The second-order valence-corrected chi connectivity index (χ2v) is 7.56. The minimum atomic E-state index is -0.0664. The van der Waals surface area contributed by atoms with Crippen LogP contribution >= 0.6 is 0 Å². The van der Waals surface area contributed by atoms with Gasteiger partial charge in [0.05, 0.1) is 30.6 Å². The average Bonchev–Trinajstić information content (AvgIpc) is 3.10. The largest absolute Gasteiger partial charge is 0.497 e. The molecule has 2 aromatic heterocycles. The monoisotopic (exact) mass is 420 g/mol. The predicted octanol–water partition coefficient (Wildman–Crippen LogP) is 4.31. The van der Waals surface area contributed by atoms with Gasteiger partial charge >= 0.3 is 0 Å². The third-order valence-electron chi connectivity index (χ3n) is 5.77. The number of hydrogen-bond acceptors (Lipinski definition) is 4. The standard InChI is InChI=1S/C25H32N4O2/c1-6-28(7-2)24(20-10-8-12-22(15-20)31-5)17-27-25(30)23-14-18(3)29(19(23)4)21-11-9-13-26-16-21/h8-16,24H,6-7,17H2,1-5H3,(H,27,30). The Kier molecular flexibility index (Phi) is 7.47. The zero-order chi connectivity index (χ0) is 22.4. The molecule has 1 atom stereocenters. The molecule has 0 bridgehead atoms. The third-order valence-corrected chi connectivity index (χ3v) is 5.77. The van der Waals surface area contributed by atoms with E-state index in [2.05, 4.69) is 39.7 Å². The second-order valence-electron chi connectivity index (χ2n) is 7.56. The number of pyridine rings is 1. The molecule has 0 aliphatic rings. The van der Waals surface area contributed by atoms with Crippen LogP contribution in [0.3, 0.4) is 0 Å². The van der Waals surface area contributed by atoms with Gasteiger partial charge in [0.1, 0.15) is 5.75 Å². The van der Waals surface area contributed by atoms with E-state index in [0.717, 1.165) is 41.5 Å². The van der Waals surface area contributed by atoms with E-state index in [1.165, 1.54) is 0 Å². The number of ether oxygens (including phenoxy) is 1. The van der Waals surface area contributed by atoms with Crippen molar-refractivity contribution < 1.29 is 9.53 Å². The van der Waals surface area contributed by atoms with E-state index in [0.29, 0.717) is 12.1 Å². The summed E-state index contributed by atoms with van der Waals surface area (Å²) in [7, 11) is 1.67. The molecule has 0 saturated heterocycles. The number of carbonyl (C=O) groups is 1. The fraction of sp³-hybridized carbons (Fsp3) is 0.360. The fourth-order valence-corrected chi connectivity index (χ4v) is 4.13. The Hall–Kier alpha value is -3.12. The van der Waals surface area contributed by atoms with Gasteiger partial charge in [-0.1, -0.05) is 26.0 Å². The first kappa shape index (κ1) is 22.6. The van der Waals surface area contributed by atoms with Crippen molar-refractivity contribution in [2.24, 2.45) is 0 Å². The van der Waals surface area contributed by atoms with Gasteiger partial charge in [0.15, 0.2) is 0 Å². The molecule has 0 spiro atoms. The maximum Gasteiger partial charge on any atom is 0.253 e. The smallest absolute Gasteiger partial charge is 0.253 e. The minimum Gasteiger partial charge on any atom is -0.497 e. The highest BCUT2D eigenvalue weighted by Crippen LogP contribution is 2.25. The molecule has 1 amide bonds. The maximum atomic E-state index is 13.1. The molecule has 3 rings (SSSR count). The molecule has 3 aromatic rings. The molecular weight excluding hydrogens is 388 g/mol. The molecule has 1 unspecified atom stereocenters. The Morgan fingerprint density at radius 2 is 1.94 bits per heavy atom. The predicted molar refractivity (Wildman–Crippen MR) is 124 cm³/mol. The molecule has 6 heteroatoms. The summed E-state index contributed by atoms with van der Waals surface area (Å²) in [5, 5.41) is 3.17. The van der Waals surface area contributed by atoms with Crippen LogP contribution < -0.4 is 10.1 Å². The number of nitrogens with zero attached hydrogens (tertiary/aromatic N) is 3. The maximum absolute atomic E-state index is 13.1. The van der Waals surface area contributed by atoms with Gasteiger partial charge in [-0.05, 0) is 62.8 Å². The van der Waals surface area contributed by atoms with Gasteiger partial charge in [-0.2, -0.15) is 0 Å². The van der Waals surface area contributed by atoms with Crippen LogP contribution in [0.4, 0.5) is 0 Å². The lowest BCUT2D eigenvalue weighted by Crippen LogP contribution is -2.38. The molecule has 1 aromatic carbocycles. The summed E-state index contributed by atoms with van der Waals surface area (Å²) in [5.74, 6) is 0.754. The van der Waals surface area contributed by atoms with Crippen molar-refractivity contribution in [1.29, 1.82) is 0 Å². The average molecular weight is 421 g/mol. The van der Waals surface area contributed by atoms with Gasteiger partial charge < -0.3 is 14.6 Å². The number of methoxy groups -OCH3 is 1. The number of aryl methyl sites for hydroxylation is 1. The summed E-state index contributed by atoms with van der Waals surface area (Å²) in [4.78, 5) is 19.7. The lowest BCUT2D eigenvalue weighted by Gasteiger charge is -2.30. The van der Waals surface area contributed by atoms with Crippen molar-refractivity contribution in [3.05, 3.63) is 77.4 Å². The number of benzene rings is 1. The second kappa shape index (κ2) is 10.3. The molecular formula is C25H32N4O2. The van der Waals surface area contributed by atoms with Crippen molar-refractivity contribution in [1.82, 2.24) is 19.8 Å². The quantitative estimate of drug-likeness (QED) is 0.560. The van der Waals surface area contributed by atoms with Crippen molar-refractivity contribution in [3.63, 3.8) is 0 Å². The van der Waals surface area contributed by atoms with E-state index in [1.54, 1.807) is 19.5 Å². The van der Waals surface area contributed by atoms with Crippen LogP contribution in [-0.2, 0) is 0 Å². The minimum absolute atomic E-state index is 0.0656. The third kappa shape index (κ3) is 4.97. The van der Waals surface area contributed by atoms with E-state index in [9.17, 15) is 4.79 Å². The lowest BCUT2D eigenvalue weighted by molar-refractivity contribution is 0.0934. The van der Waals surface area contributed by atoms with E-state index in [-0.39, 0.29) is 11.9 Å². The Balaban J connectivity index is 1.83. The Bertz CT molecular complexity index is 1010. The Morgan fingerprint density at radius 3 is 2.58 bits per heavy atom. The molecule has 0 aliphatic heterocycles. The molecule has 0 aliphatic carbocycles. The van der Waals surface area contributed by atoms with Gasteiger partial charge in [-0.25, -0.2) is 0 Å². The number of amides is 1. The van der Waals surface area contributed by atoms with Crippen molar-refractivity contribution in [3.8, 4) is 11.4 Å². The van der Waals surface area contributed by atoms with Crippen LogP contribution in [-0.4, -0.2) is 47.1 Å². The molecule has 31 heavy (non-hydrogen) atoms. The molecule has 0 fully saturated rings. The SMILES string of the molecule is CCN(CC)C(CNC(=O)c1cc(C)n(-c2cccnc2)c1C)c1cccc(OC)c1. The van der Waals surface area contributed by atoms with Crippen LogP contribution in [0.2, 0.25) is 0 Å². The number of likely N-dealkylation sites (N-methyl/N-ethyl adjacent to an activating group) is 1. The molecule has 1 N–H and O–H groups in total. The molecule has 0 saturated carbocycles. The Labute approximate surface area is 184 Å². The normalized spacial score (nSPS) is 12.1. The summed E-state index contributed by atoms with van der Waals surface area (Å²) < 4.78 is 7.47. The first-order valence-corrected chi connectivity index (χ1v) is 10.8. The molecule has 0 radical (unpaired) electrons. The lowest BCUT2D eigenvalue weighted by atomic mass is 10.0. The molecule has 6 nitrogen and oxygen atoms in total. The van der Waals surface area contributed by atoms with Gasteiger partial charge in [-0.3, -0.25) is 14.7 Å².